The molecule has 10 atom stereocenters. The van der Waals surface area contributed by atoms with E-state index >= 15 is 0 Å². The molecule has 28 nitrogen and oxygen atoms in total. The molecule has 0 saturated carbocycles. The highest BCUT2D eigenvalue weighted by Crippen LogP contribution is 2.26. The fraction of sp³-hybridized carbons (Fsp3) is 0.520. The summed E-state index contributed by atoms with van der Waals surface area (Å²) in [5, 5.41) is 37.7. The number of nitrogens with zero attached hydrogens (tertiary/aromatic N) is 2. The van der Waals surface area contributed by atoms with Gasteiger partial charge in [0, 0.05) is 43.9 Å². The van der Waals surface area contributed by atoms with Crippen molar-refractivity contribution in [1.82, 2.24) is 42.1 Å². The number of phenols is 2. The second kappa shape index (κ2) is 31.7. The number of amides is 11. The van der Waals surface area contributed by atoms with Crippen LogP contribution in [0.15, 0.2) is 53.5 Å². The van der Waals surface area contributed by atoms with Gasteiger partial charge in [0.2, 0.25) is 65.0 Å². The first kappa shape index (κ1) is 64.7. The maximum Gasteiger partial charge on any atom is 0.246 e. The normalized spacial score (nSPS) is 22.8. The van der Waals surface area contributed by atoms with Gasteiger partial charge in [-0.15, -0.1) is 0 Å². The molecule has 2 saturated heterocycles. The van der Waals surface area contributed by atoms with Crippen LogP contribution in [0.4, 0.5) is 0 Å². The SMILES string of the molecule is CC[C@H](C)[C@@H]1NC(=O)[C@@H](Cc2ccc(O)cc2)NC(=O)[C@H](N)CSSC[C@@H](C(=O)N2CCC[C@@H]2C(=O)N[C@@H](CCCN=C(N)N)C(=O)N[C@@H](Cc2ccc(O)cc2)C(N)=O)NC(=O)[C@H](CC(N)=O)NC(=O)[C@@H](CCC(N)=O)NC1=O. The Labute approximate surface area is 469 Å². The predicted molar refractivity (Wildman–Crippen MR) is 296 cm³/mol. The summed E-state index contributed by atoms with van der Waals surface area (Å²) < 4.78 is 0. The van der Waals surface area contributed by atoms with Crippen molar-refractivity contribution in [1.29, 1.82) is 0 Å². The summed E-state index contributed by atoms with van der Waals surface area (Å²) in [6.45, 7) is 3.40. The van der Waals surface area contributed by atoms with Crippen LogP contribution in [0.25, 0.3) is 0 Å². The maximum absolute atomic E-state index is 14.8. The van der Waals surface area contributed by atoms with Crippen molar-refractivity contribution in [3.8, 4) is 11.5 Å². The van der Waals surface area contributed by atoms with Crippen LogP contribution in [0.1, 0.15) is 76.3 Å². The number of rotatable bonds is 21. The highest BCUT2D eigenvalue weighted by Gasteiger charge is 2.41. The first-order valence-electron chi connectivity index (χ1n) is 25.8. The van der Waals surface area contributed by atoms with Gasteiger partial charge in [0.25, 0.3) is 0 Å². The Morgan fingerprint density at radius 1 is 0.725 bits per heavy atom. The maximum atomic E-state index is 14.8. The zero-order chi connectivity index (χ0) is 59.2. The molecule has 0 spiro atoms. The van der Waals surface area contributed by atoms with E-state index in [0.29, 0.717) is 17.5 Å². The number of hydrogen-bond donors (Lipinski definition) is 15. The Morgan fingerprint density at radius 2 is 1.31 bits per heavy atom. The molecule has 11 amide bonds. The summed E-state index contributed by atoms with van der Waals surface area (Å²) in [6.07, 6.45) is -1.14. The van der Waals surface area contributed by atoms with E-state index in [9.17, 15) is 63.0 Å². The molecule has 80 heavy (non-hydrogen) atoms. The van der Waals surface area contributed by atoms with Crippen LogP contribution < -0.4 is 71.6 Å². The molecule has 438 valence electrons. The fourth-order valence-corrected chi connectivity index (χ4v) is 10.8. The second-order valence-electron chi connectivity index (χ2n) is 19.4. The average Bonchev–Trinajstić information content (AvgIpc) is 3.91. The number of primary amides is 3. The topological polar surface area (TPSA) is 484 Å². The van der Waals surface area contributed by atoms with Gasteiger partial charge < -0.3 is 86.7 Å². The minimum atomic E-state index is -1.80. The molecule has 2 aromatic rings. The Morgan fingerprint density at radius 3 is 1.91 bits per heavy atom. The molecule has 2 aliphatic heterocycles. The molecule has 0 unspecified atom stereocenters. The molecular formula is C50H73N15O13S2. The van der Waals surface area contributed by atoms with Crippen molar-refractivity contribution in [3.05, 3.63) is 59.7 Å². The molecule has 30 heteroatoms. The third-order valence-electron chi connectivity index (χ3n) is 13.1. The van der Waals surface area contributed by atoms with Crippen LogP contribution in [0.5, 0.6) is 11.5 Å². The monoisotopic (exact) mass is 1160 g/mol. The summed E-state index contributed by atoms with van der Waals surface area (Å²) in [6, 6.07) is -1.13. The van der Waals surface area contributed by atoms with Gasteiger partial charge in [-0.3, -0.25) is 57.7 Å². The van der Waals surface area contributed by atoms with Crippen LogP contribution in [-0.4, -0.2) is 165 Å². The zero-order valence-electron chi connectivity index (χ0n) is 44.4. The number of carbonyl (C=O) groups is 11. The van der Waals surface area contributed by atoms with Gasteiger partial charge in [0.15, 0.2) is 5.96 Å². The van der Waals surface area contributed by atoms with Gasteiger partial charge in [-0.1, -0.05) is 66.1 Å². The van der Waals surface area contributed by atoms with Crippen molar-refractivity contribution in [3.63, 3.8) is 0 Å². The number of guanidine groups is 1. The number of carbonyl (C=O) groups excluding carboxylic acids is 11. The lowest BCUT2D eigenvalue weighted by Crippen LogP contribution is -2.61. The molecular weight excluding hydrogens is 1080 g/mol. The predicted octanol–water partition coefficient (Wildman–Crippen LogP) is -4.28. The van der Waals surface area contributed by atoms with E-state index in [4.69, 9.17) is 34.4 Å². The zero-order valence-corrected chi connectivity index (χ0v) is 46.0. The third kappa shape index (κ3) is 20.7. The number of phenolic OH excluding ortho intramolecular Hbond substituents is 2. The molecule has 21 N–H and O–H groups in total. The largest absolute Gasteiger partial charge is 0.508 e. The minimum Gasteiger partial charge on any atom is -0.508 e. The molecule has 0 aliphatic carbocycles. The molecule has 0 aromatic heterocycles. The number of benzene rings is 2. The molecule has 2 fully saturated rings. The summed E-state index contributed by atoms with van der Waals surface area (Å²) in [7, 11) is 1.98. The van der Waals surface area contributed by atoms with Crippen molar-refractivity contribution in [2.75, 3.05) is 24.6 Å². The average molecular weight is 1160 g/mol. The first-order chi connectivity index (χ1) is 37.9. The highest BCUT2D eigenvalue weighted by molar-refractivity contribution is 8.76. The number of aliphatic imine (C=N–C) groups is 1. The van der Waals surface area contributed by atoms with Crippen LogP contribution in [0.2, 0.25) is 0 Å². The summed E-state index contributed by atoms with van der Waals surface area (Å²) in [5.41, 5.74) is 35.0. The van der Waals surface area contributed by atoms with Crippen molar-refractivity contribution < 1.29 is 63.0 Å². The standard InChI is InChI=1S/C50H73N15O13S2/c1-3-25(2)40-48(77)59-32(16-17-38(52)68)44(73)62-35(22-39(53)69)45(74)63-36(24-80-79-23-30(51)42(71)61-34(46(75)64-40)21-27-10-14-29(67)15-11-27)49(78)65-19-5-7-37(65)47(76)58-31(6-4-18-57-50(55)56)43(72)60-33(41(54)70)20-26-8-12-28(66)13-9-26/h8-15,25,30-37,40,66-67H,3-7,16-24,51H2,1-2H3,(H2,52,68)(H2,53,69)(H2,54,70)(H,58,76)(H,59,77)(H,60,72)(H,61,71)(H,62,73)(H,63,74)(H,64,75)(H4,55,56,57)/t25-,30+,31-,32+,33-,34+,35-,36-,37+,40-/m0/s1. The van der Waals surface area contributed by atoms with E-state index in [1.165, 1.54) is 53.4 Å². The van der Waals surface area contributed by atoms with Crippen LogP contribution in [0, 0.1) is 5.92 Å². The van der Waals surface area contributed by atoms with Crippen LogP contribution in [0.3, 0.4) is 0 Å². The molecule has 2 aliphatic rings. The van der Waals surface area contributed by atoms with Gasteiger partial charge in [-0.2, -0.15) is 0 Å². The van der Waals surface area contributed by atoms with E-state index in [0.717, 1.165) is 21.6 Å². The third-order valence-corrected chi connectivity index (χ3v) is 15.6. The minimum absolute atomic E-state index is 0.0247. The van der Waals surface area contributed by atoms with Gasteiger partial charge in [-0.25, -0.2) is 0 Å². The lowest BCUT2D eigenvalue weighted by Gasteiger charge is -2.31. The Bertz CT molecular complexity index is 2580. The van der Waals surface area contributed by atoms with Gasteiger partial charge in [0.1, 0.15) is 59.8 Å². The number of aromatic hydroxyl groups is 2. The summed E-state index contributed by atoms with van der Waals surface area (Å²) in [5.74, 6) is -11.3. The van der Waals surface area contributed by atoms with E-state index < -0.39 is 145 Å². The lowest BCUT2D eigenvalue weighted by atomic mass is 9.96. The first-order valence-corrected chi connectivity index (χ1v) is 28.3. The highest BCUT2D eigenvalue weighted by atomic mass is 33.1. The van der Waals surface area contributed by atoms with Crippen LogP contribution >= 0.6 is 21.6 Å². The van der Waals surface area contributed by atoms with E-state index in [-0.39, 0.29) is 80.6 Å². The molecule has 2 aromatic carbocycles. The van der Waals surface area contributed by atoms with Crippen molar-refractivity contribution >= 4 is 92.5 Å². The molecule has 2 heterocycles. The summed E-state index contributed by atoms with van der Waals surface area (Å²) in [4.78, 5) is 156. The van der Waals surface area contributed by atoms with E-state index in [1.807, 2.05) is 0 Å². The van der Waals surface area contributed by atoms with Crippen molar-refractivity contribution in [2.45, 2.75) is 132 Å². The Balaban J connectivity index is 1.69. The Hall–Kier alpha value is -7.86. The number of nitrogens with two attached hydrogens (primary N) is 6. The van der Waals surface area contributed by atoms with Crippen molar-refractivity contribution in [2.24, 2.45) is 45.3 Å². The lowest BCUT2D eigenvalue weighted by molar-refractivity contribution is -0.142. The van der Waals surface area contributed by atoms with E-state index in [1.54, 1.807) is 13.8 Å². The summed E-state index contributed by atoms with van der Waals surface area (Å²) >= 11 is 0. The van der Waals surface area contributed by atoms with Gasteiger partial charge in [0.05, 0.1) is 12.5 Å². The van der Waals surface area contributed by atoms with Gasteiger partial charge >= 0.3 is 0 Å². The number of nitrogens with one attached hydrogen (secondary N) is 7. The van der Waals surface area contributed by atoms with Gasteiger partial charge in [-0.05, 0) is 73.4 Å². The van der Waals surface area contributed by atoms with Crippen LogP contribution in [-0.2, 0) is 65.6 Å². The second-order valence-corrected chi connectivity index (χ2v) is 21.9. The smallest absolute Gasteiger partial charge is 0.246 e. The number of hydrogen-bond acceptors (Lipinski definition) is 17. The molecule has 4 rings (SSSR count). The van der Waals surface area contributed by atoms with E-state index in [2.05, 4.69) is 42.2 Å². The Kier molecular flexibility index (Phi) is 25.6. The fourth-order valence-electron chi connectivity index (χ4n) is 8.48. The quantitative estimate of drug-likeness (QED) is 0.0243. The molecule has 0 radical (unpaired) electrons. The molecule has 0 bridgehead atoms. The number of likely N-dealkylation sites (tertiary alicyclic amines) is 1.